The Kier molecular flexibility index (Phi) is 8.00. The molecule has 0 unspecified atom stereocenters. The molecule has 0 radical (unpaired) electrons. The van der Waals surface area contributed by atoms with Gasteiger partial charge in [-0.25, -0.2) is 5.43 Å². The van der Waals surface area contributed by atoms with Crippen LogP contribution in [0, 0.1) is 0 Å². The quantitative estimate of drug-likeness (QED) is 0.566. The maximum absolute atomic E-state index is 11.9. The van der Waals surface area contributed by atoms with E-state index in [4.69, 9.17) is 27.9 Å². The fourth-order valence-corrected chi connectivity index (χ4v) is 3.08. The van der Waals surface area contributed by atoms with Crippen molar-refractivity contribution >= 4 is 34.8 Å². The number of nitrogens with one attached hydrogen (secondary N) is 1. The summed E-state index contributed by atoms with van der Waals surface area (Å²) < 4.78 is 5.56. The number of hydrazone groups is 1. The molecule has 138 valence electrons. The smallest absolute Gasteiger partial charge is 0.240 e. The average molecular weight is 386 g/mol. The molecule has 1 aliphatic rings. The molecule has 1 amide bonds. The van der Waals surface area contributed by atoms with Crippen LogP contribution in [0.2, 0.25) is 10.0 Å². The molecular formula is C18H25Cl2N3O2. The van der Waals surface area contributed by atoms with E-state index in [0.29, 0.717) is 41.3 Å². The fraction of sp³-hybridized carbons (Fsp3) is 0.556. The molecule has 0 aromatic heterocycles. The average Bonchev–Trinajstić information content (AvgIpc) is 2.58. The SMILES string of the molecule is CC(C)N1CCC(=NNC(=O)CCCOc2ccc(Cl)cc2Cl)CC1. The van der Waals surface area contributed by atoms with Crippen LogP contribution in [-0.4, -0.2) is 42.3 Å². The van der Waals surface area contributed by atoms with Crippen LogP contribution in [0.1, 0.15) is 39.5 Å². The summed E-state index contributed by atoms with van der Waals surface area (Å²) in [4.78, 5) is 14.3. The number of carbonyl (C=O) groups is 1. The first kappa shape index (κ1) is 20.0. The van der Waals surface area contributed by atoms with Crippen molar-refractivity contribution < 1.29 is 9.53 Å². The third-order valence-electron chi connectivity index (χ3n) is 4.14. The zero-order chi connectivity index (χ0) is 18.2. The number of nitrogens with zero attached hydrogens (tertiary/aromatic N) is 2. The van der Waals surface area contributed by atoms with Gasteiger partial charge in [-0.2, -0.15) is 5.10 Å². The second-order valence-corrected chi connectivity index (χ2v) is 7.21. The van der Waals surface area contributed by atoms with E-state index in [1.165, 1.54) is 0 Å². The molecule has 2 rings (SSSR count). The molecule has 0 spiro atoms. The minimum absolute atomic E-state index is 0.0930. The highest BCUT2D eigenvalue weighted by atomic mass is 35.5. The third kappa shape index (κ3) is 6.84. The van der Waals surface area contributed by atoms with Gasteiger partial charge in [-0.15, -0.1) is 0 Å². The van der Waals surface area contributed by atoms with E-state index in [1.807, 2.05) is 0 Å². The van der Waals surface area contributed by atoms with Crippen molar-refractivity contribution in [2.45, 2.75) is 45.6 Å². The van der Waals surface area contributed by atoms with Crippen molar-refractivity contribution in [1.82, 2.24) is 10.3 Å². The number of rotatable bonds is 7. The number of hydrogen-bond acceptors (Lipinski definition) is 4. The van der Waals surface area contributed by atoms with Gasteiger partial charge >= 0.3 is 0 Å². The molecule has 1 aromatic carbocycles. The zero-order valence-corrected chi connectivity index (χ0v) is 16.2. The van der Waals surface area contributed by atoms with Gasteiger partial charge in [-0.1, -0.05) is 23.2 Å². The largest absolute Gasteiger partial charge is 0.492 e. The van der Waals surface area contributed by atoms with Gasteiger partial charge in [0, 0.05) is 49.1 Å². The monoisotopic (exact) mass is 385 g/mol. The maximum atomic E-state index is 11.9. The fourth-order valence-electron chi connectivity index (χ4n) is 2.61. The van der Waals surface area contributed by atoms with Gasteiger partial charge in [0.2, 0.25) is 5.91 Å². The first-order valence-electron chi connectivity index (χ1n) is 8.62. The third-order valence-corrected chi connectivity index (χ3v) is 4.67. The van der Waals surface area contributed by atoms with Gasteiger partial charge in [0.1, 0.15) is 5.75 Å². The van der Waals surface area contributed by atoms with Crippen molar-refractivity contribution in [1.29, 1.82) is 0 Å². The van der Waals surface area contributed by atoms with E-state index in [1.54, 1.807) is 18.2 Å². The molecule has 1 aromatic rings. The second-order valence-electron chi connectivity index (χ2n) is 6.37. The van der Waals surface area contributed by atoms with Gasteiger partial charge in [0.15, 0.2) is 0 Å². The maximum Gasteiger partial charge on any atom is 0.240 e. The second kappa shape index (κ2) is 10.00. The van der Waals surface area contributed by atoms with Crippen molar-refractivity contribution in [3.8, 4) is 5.75 Å². The lowest BCUT2D eigenvalue weighted by atomic mass is 10.1. The summed E-state index contributed by atoms with van der Waals surface area (Å²) in [7, 11) is 0. The number of halogens is 2. The van der Waals surface area contributed by atoms with Crippen LogP contribution in [0.5, 0.6) is 5.75 Å². The van der Waals surface area contributed by atoms with Gasteiger partial charge in [-0.3, -0.25) is 4.79 Å². The van der Waals surface area contributed by atoms with Crippen LogP contribution in [0.15, 0.2) is 23.3 Å². The Morgan fingerprint density at radius 3 is 2.68 bits per heavy atom. The van der Waals surface area contributed by atoms with Crippen LogP contribution >= 0.6 is 23.2 Å². The molecule has 5 nitrogen and oxygen atoms in total. The van der Waals surface area contributed by atoms with E-state index < -0.39 is 0 Å². The lowest BCUT2D eigenvalue weighted by molar-refractivity contribution is -0.121. The molecule has 25 heavy (non-hydrogen) atoms. The number of hydrogen-bond donors (Lipinski definition) is 1. The molecule has 0 atom stereocenters. The number of likely N-dealkylation sites (tertiary alicyclic amines) is 1. The predicted octanol–water partition coefficient (Wildman–Crippen LogP) is 4.13. The summed E-state index contributed by atoms with van der Waals surface area (Å²) in [6.07, 6.45) is 2.78. The normalized spacial score (nSPS) is 15.3. The van der Waals surface area contributed by atoms with E-state index in [2.05, 4.69) is 29.3 Å². The molecule has 1 saturated heterocycles. The Morgan fingerprint density at radius 1 is 1.32 bits per heavy atom. The van der Waals surface area contributed by atoms with Crippen molar-refractivity contribution in [3.05, 3.63) is 28.2 Å². The molecule has 0 aliphatic carbocycles. The Labute approximate surface area is 159 Å². The summed E-state index contributed by atoms with van der Waals surface area (Å²) in [6, 6.07) is 5.63. The predicted molar refractivity (Wildman–Crippen MR) is 103 cm³/mol. The Bertz CT molecular complexity index is 610. The van der Waals surface area contributed by atoms with Gasteiger partial charge in [0.05, 0.1) is 11.6 Å². The van der Waals surface area contributed by atoms with E-state index in [0.717, 1.165) is 31.6 Å². The number of benzene rings is 1. The first-order chi connectivity index (χ1) is 12.0. The van der Waals surface area contributed by atoms with E-state index >= 15 is 0 Å². The number of ether oxygens (including phenoxy) is 1. The molecule has 7 heteroatoms. The van der Waals surface area contributed by atoms with Gasteiger partial charge < -0.3 is 9.64 Å². The Balaban J connectivity index is 1.63. The minimum atomic E-state index is -0.0930. The van der Waals surface area contributed by atoms with E-state index in [9.17, 15) is 4.79 Å². The van der Waals surface area contributed by atoms with Crippen molar-refractivity contribution in [2.75, 3.05) is 19.7 Å². The highest BCUT2D eigenvalue weighted by Gasteiger charge is 2.17. The summed E-state index contributed by atoms with van der Waals surface area (Å²) in [6.45, 7) is 6.81. The molecule has 0 saturated carbocycles. The highest BCUT2D eigenvalue weighted by Crippen LogP contribution is 2.27. The number of carbonyl (C=O) groups excluding carboxylic acids is 1. The van der Waals surface area contributed by atoms with Gasteiger partial charge in [-0.05, 0) is 38.5 Å². The summed E-state index contributed by atoms with van der Waals surface area (Å²) >= 11 is 11.9. The van der Waals surface area contributed by atoms with Crippen molar-refractivity contribution in [3.63, 3.8) is 0 Å². The Morgan fingerprint density at radius 2 is 2.04 bits per heavy atom. The standard InChI is InChI=1S/C18H25Cl2N3O2/c1-13(2)23-9-7-15(8-10-23)21-22-18(24)4-3-11-25-17-6-5-14(19)12-16(17)20/h5-6,12-13H,3-4,7-11H2,1-2H3,(H,22,24). The Hall–Kier alpha value is -1.30. The molecule has 1 aliphatic heterocycles. The minimum Gasteiger partial charge on any atom is -0.492 e. The summed E-state index contributed by atoms with van der Waals surface area (Å²) in [5.74, 6) is 0.480. The molecule has 0 bridgehead atoms. The molecular weight excluding hydrogens is 361 g/mol. The molecule has 1 N–H and O–H groups in total. The van der Waals surface area contributed by atoms with Crippen LogP contribution < -0.4 is 10.2 Å². The highest BCUT2D eigenvalue weighted by molar-refractivity contribution is 6.35. The number of piperidine rings is 1. The topological polar surface area (TPSA) is 53.9 Å². The lowest BCUT2D eigenvalue weighted by Crippen LogP contribution is -2.39. The molecule has 1 heterocycles. The van der Waals surface area contributed by atoms with Crippen LogP contribution in [-0.2, 0) is 4.79 Å². The number of amides is 1. The summed E-state index contributed by atoms with van der Waals surface area (Å²) in [5, 5.41) is 5.28. The zero-order valence-electron chi connectivity index (χ0n) is 14.7. The summed E-state index contributed by atoms with van der Waals surface area (Å²) in [5.41, 5.74) is 3.71. The van der Waals surface area contributed by atoms with Crippen LogP contribution in [0.25, 0.3) is 0 Å². The van der Waals surface area contributed by atoms with Gasteiger partial charge in [0.25, 0.3) is 0 Å². The van der Waals surface area contributed by atoms with E-state index in [-0.39, 0.29) is 5.91 Å². The van der Waals surface area contributed by atoms with Crippen molar-refractivity contribution in [2.24, 2.45) is 5.10 Å². The van der Waals surface area contributed by atoms with Crippen LogP contribution in [0.4, 0.5) is 0 Å². The molecule has 1 fully saturated rings. The first-order valence-corrected chi connectivity index (χ1v) is 9.37. The van der Waals surface area contributed by atoms with Crippen LogP contribution in [0.3, 0.4) is 0 Å². The lowest BCUT2D eigenvalue weighted by Gasteiger charge is -2.30.